The third-order valence-electron chi connectivity index (χ3n) is 4.14. The Labute approximate surface area is 113 Å². The lowest BCUT2D eigenvalue weighted by molar-refractivity contribution is -0.143. The number of anilines is 1. The fourth-order valence-electron chi connectivity index (χ4n) is 3.15. The molecule has 0 bridgehead atoms. The molecule has 2 atom stereocenters. The lowest BCUT2D eigenvalue weighted by atomic mass is 10.1. The molecule has 2 fully saturated rings. The van der Waals surface area contributed by atoms with Crippen LogP contribution in [0.25, 0.3) is 0 Å². The molecule has 1 aliphatic carbocycles. The zero-order chi connectivity index (χ0) is 13.2. The smallest absolute Gasteiger partial charge is 0.227 e. The summed E-state index contributed by atoms with van der Waals surface area (Å²) in [6.07, 6.45) is 4.07. The van der Waals surface area contributed by atoms with Gasteiger partial charge in [0.05, 0.1) is 25.2 Å². The number of ether oxygens (including phenoxy) is 1. The zero-order valence-corrected chi connectivity index (χ0v) is 11.0. The first-order chi connectivity index (χ1) is 9.24. The van der Waals surface area contributed by atoms with E-state index < -0.39 is 0 Å². The molecule has 2 N–H and O–H groups in total. The Bertz CT molecular complexity index is 458. The van der Waals surface area contributed by atoms with Crippen LogP contribution in [0.3, 0.4) is 0 Å². The van der Waals surface area contributed by atoms with E-state index in [1.54, 1.807) is 0 Å². The molecular weight excluding hydrogens is 240 g/mol. The van der Waals surface area contributed by atoms with Gasteiger partial charge in [0.1, 0.15) is 0 Å². The number of carbonyl (C=O) groups excluding carboxylic acids is 1. The molecule has 1 heterocycles. The van der Waals surface area contributed by atoms with Crippen LogP contribution in [0.4, 0.5) is 5.69 Å². The van der Waals surface area contributed by atoms with E-state index in [0.29, 0.717) is 19.1 Å². The molecule has 2 aliphatic rings. The number of morpholine rings is 1. The second-order valence-corrected chi connectivity index (χ2v) is 5.41. The number of benzene rings is 1. The summed E-state index contributed by atoms with van der Waals surface area (Å²) in [4.78, 5) is 14.5. The molecule has 102 valence electrons. The maximum atomic E-state index is 12.4. The summed E-state index contributed by atoms with van der Waals surface area (Å²) in [7, 11) is 0. The number of nitrogen functional groups attached to an aromatic ring is 1. The molecule has 4 heteroatoms. The number of nitrogens with two attached hydrogens (primary N) is 1. The van der Waals surface area contributed by atoms with Gasteiger partial charge in [-0.05, 0) is 37.0 Å². The summed E-state index contributed by atoms with van der Waals surface area (Å²) < 4.78 is 5.74. The molecule has 2 unspecified atom stereocenters. The number of hydrogen-bond acceptors (Lipinski definition) is 3. The SMILES string of the molecule is Nc1ccc(CC(=O)N2CCOC3CCCC32)cc1. The predicted octanol–water partition coefficient (Wildman–Crippen LogP) is 1.59. The average molecular weight is 260 g/mol. The van der Waals surface area contributed by atoms with Gasteiger partial charge in [0.2, 0.25) is 5.91 Å². The van der Waals surface area contributed by atoms with Crippen molar-refractivity contribution < 1.29 is 9.53 Å². The highest BCUT2D eigenvalue weighted by Gasteiger charge is 2.38. The Kier molecular flexibility index (Phi) is 3.42. The Hall–Kier alpha value is -1.55. The van der Waals surface area contributed by atoms with Crippen molar-refractivity contribution >= 4 is 11.6 Å². The average Bonchev–Trinajstić information content (AvgIpc) is 2.89. The predicted molar refractivity (Wildman–Crippen MR) is 73.7 cm³/mol. The first-order valence-electron chi connectivity index (χ1n) is 6.99. The fourth-order valence-corrected chi connectivity index (χ4v) is 3.15. The summed E-state index contributed by atoms with van der Waals surface area (Å²) in [5, 5.41) is 0. The molecule has 4 nitrogen and oxygen atoms in total. The van der Waals surface area contributed by atoms with Crippen molar-refractivity contribution in [3.8, 4) is 0 Å². The Morgan fingerprint density at radius 2 is 2.11 bits per heavy atom. The molecule has 1 aromatic rings. The number of rotatable bonds is 2. The molecule has 0 spiro atoms. The molecule has 19 heavy (non-hydrogen) atoms. The van der Waals surface area contributed by atoms with Crippen molar-refractivity contribution in [1.29, 1.82) is 0 Å². The van der Waals surface area contributed by atoms with E-state index >= 15 is 0 Å². The van der Waals surface area contributed by atoms with Crippen LogP contribution in [-0.2, 0) is 16.0 Å². The van der Waals surface area contributed by atoms with Gasteiger partial charge in [-0.25, -0.2) is 0 Å². The zero-order valence-electron chi connectivity index (χ0n) is 11.0. The van der Waals surface area contributed by atoms with Crippen LogP contribution in [0.15, 0.2) is 24.3 Å². The second kappa shape index (κ2) is 5.21. The van der Waals surface area contributed by atoms with Crippen LogP contribution in [-0.4, -0.2) is 36.1 Å². The van der Waals surface area contributed by atoms with E-state index in [-0.39, 0.29) is 12.0 Å². The van der Waals surface area contributed by atoms with Gasteiger partial charge in [0, 0.05) is 12.2 Å². The van der Waals surface area contributed by atoms with Crippen LogP contribution in [0, 0.1) is 0 Å². The monoisotopic (exact) mass is 260 g/mol. The number of hydrogen-bond donors (Lipinski definition) is 1. The molecule has 1 saturated heterocycles. The minimum absolute atomic E-state index is 0.213. The summed E-state index contributed by atoms with van der Waals surface area (Å²) in [6.45, 7) is 1.41. The van der Waals surface area contributed by atoms with Gasteiger partial charge in [0.15, 0.2) is 0 Å². The highest BCUT2D eigenvalue weighted by Crippen LogP contribution is 2.30. The molecule has 3 rings (SSSR count). The minimum Gasteiger partial charge on any atom is -0.399 e. The van der Waals surface area contributed by atoms with Crippen molar-refractivity contribution in [3.05, 3.63) is 29.8 Å². The van der Waals surface area contributed by atoms with Crippen LogP contribution in [0.5, 0.6) is 0 Å². The van der Waals surface area contributed by atoms with E-state index in [2.05, 4.69) is 0 Å². The first-order valence-corrected chi connectivity index (χ1v) is 6.99. The molecule has 0 radical (unpaired) electrons. The van der Waals surface area contributed by atoms with Crippen molar-refractivity contribution in [2.24, 2.45) is 0 Å². The van der Waals surface area contributed by atoms with Gasteiger partial charge < -0.3 is 15.4 Å². The molecular formula is C15H20N2O2. The van der Waals surface area contributed by atoms with Gasteiger partial charge in [-0.1, -0.05) is 12.1 Å². The van der Waals surface area contributed by atoms with E-state index in [9.17, 15) is 4.79 Å². The van der Waals surface area contributed by atoms with Crippen LogP contribution >= 0.6 is 0 Å². The van der Waals surface area contributed by atoms with Crippen molar-refractivity contribution in [1.82, 2.24) is 4.90 Å². The number of carbonyl (C=O) groups is 1. The topological polar surface area (TPSA) is 55.6 Å². The third kappa shape index (κ3) is 2.59. The summed E-state index contributed by atoms with van der Waals surface area (Å²) in [5.41, 5.74) is 7.42. The molecule has 1 aromatic carbocycles. The van der Waals surface area contributed by atoms with Crippen molar-refractivity contribution in [2.45, 2.75) is 37.8 Å². The van der Waals surface area contributed by atoms with E-state index in [4.69, 9.17) is 10.5 Å². The molecule has 1 saturated carbocycles. The number of amides is 1. The number of nitrogens with zero attached hydrogens (tertiary/aromatic N) is 1. The quantitative estimate of drug-likeness (QED) is 0.822. The maximum absolute atomic E-state index is 12.4. The summed E-state index contributed by atoms with van der Waals surface area (Å²) >= 11 is 0. The standard InChI is InChI=1S/C15H20N2O2/c16-12-6-4-11(5-7-12)10-15(18)17-8-9-19-14-3-1-2-13(14)17/h4-7,13-14H,1-3,8-10,16H2. The van der Waals surface area contributed by atoms with Gasteiger partial charge in [-0.15, -0.1) is 0 Å². The lowest BCUT2D eigenvalue weighted by Crippen LogP contribution is -2.51. The lowest BCUT2D eigenvalue weighted by Gasteiger charge is -2.37. The van der Waals surface area contributed by atoms with Crippen molar-refractivity contribution in [3.63, 3.8) is 0 Å². The molecule has 0 aromatic heterocycles. The minimum atomic E-state index is 0.213. The van der Waals surface area contributed by atoms with E-state index in [0.717, 1.165) is 30.6 Å². The number of fused-ring (bicyclic) bond motifs is 1. The first kappa shape index (κ1) is 12.5. The normalized spacial score (nSPS) is 26.2. The highest BCUT2D eigenvalue weighted by molar-refractivity contribution is 5.79. The largest absolute Gasteiger partial charge is 0.399 e. The summed E-state index contributed by atoms with van der Waals surface area (Å²) in [6, 6.07) is 7.86. The maximum Gasteiger partial charge on any atom is 0.227 e. The second-order valence-electron chi connectivity index (χ2n) is 5.41. The van der Waals surface area contributed by atoms with E-state index in [1.165, 1.54) is 6.42 Å². The summed E-state index contributed by atoms with van der Waals surface area (Å²) in [5.74, 6) is 0.213. The van der Waals surface area contributed by atoms with Crippen LogP contribution in [0.1, 0.15) is 24.8 Å². The Morgan fingerprint density at radius 1 is 1.32 bits per heavy atom. The Morgan fingerprint density at radius 3 is 2.89 bits per heavy atom. The van der Waals surface area contributed by atoms with Gasteiger partial charge in [-0.2, -0.15) is 0 Å². The molecule has 1 amide bonds. The molecule has 1 aliphatic heterocycles. The van der Waals surface area contributed by atoms with E-state index in [1.807, 2.05) is 29.2 Å². The van der Waals surface area contributed by atoms with Gasteiger partial charge >= 0.3 is 0 Å². The van der Waals surface area contributed by atoms with Gasteiger partial charge in [0.25, 0.3) is 0 Å². The highest BCUT2D eigenvalue weighted by atomic mass is 16.5. The van der Waals surface area contributed by atoms with Crippen molar-refractivity contribution in [2.75, 3.05) is 18.9 Å². The van der Waals surface area contributed by atoms with Crippen LogP contribution in [0.2, 0.25) is 0 Å². The van der Waals surface area contributed by atoms with Crippen LogP contribution < -0.4 is 5.73 Å². The Balaban J connectivity index is 1.67. The van der Waals surface area contributed by atoms with Gasteiger partial charge in [-0.3, -0.25) is 4.79 Å². The fraction of sp³-hybridized carbons (Fsp3) is 0.533. The third-order valence-corrected chi connectivity index (χ3v) is 4.14.